The fourth-order valence-electron chi connectivity index (χ4n) is 4.23. The largest absolute Gasteiger partial charge is 0.497 e. The van der Waals surface area contributed by atoms with Gasteiger partial charge < -0.3 is 19.2 Å². The molecule has 0 radical (unpaired) electrons. The van der Waals surface area contributed by atoms with Crippen molar-refractivity contribution in [3.05, 3.63) is 54.0 Å². The van der Waals surface area contributed by atoms with Gasteiger partial charge in [-0.25, -0.2) is 0 Å². The van der Waals surface area contributed by atoms with Gasteiger partial charge in [0.25, 0.3) is 0 Å². The van der Waals surface area contributed by atoms with Crippen LogP contribution in [0.25, 0.3) is 10.9 Å². The van der Waals surface area contributed by atoms with Gasteiger partial charge in [-0.05, 0) is 48.7 Å². The number of hydrogen-bond acceptors (Lipinski definition) is 2. The summed E-state index contributed by atoms with van der Waals surface area (Å²) in [6.07, 6.45) is 8.90. The van der Waals surface area contributed by atoms with Gasteiger partial charge in [0.2, 0.25) is 5.91 Å². The molecule has 0 unspecified atom stereocenters. The van der Waals surface area contributed by atoms with Crippen LogP contribution in [-0.2, 0) is 18.3 Å². The van der Waals surface area contributed by atoms with Crippen LogP contribution in [0.2, 0.25) is 0 Å². The minimum atomic E-state index is 0.166. The zero-order valence-corrected chi connectivity index (χ0v) is 16.1. The lowest BCUT2D eigenvalue weighted by Gasteiger charge is -2.30. The molecular weight excluding hydrogens is 338 g/mol. The van der Waals surface area contributed by atoms with E-state index in [4.69, 9.17) is 4.74 Å². The number of fused-ring (bicyclic) bond motifs is 1. The van der Waals surface area contributed by atoms with Gasteiger partial charge in [-0.2, -0.15) is 0 Å². The predicted octanol–water partition coefficient (Wildman–Crippen LogP) is 4.20. The minimum Gasteiger partial charge on any atom is -0.497 e. The van der Waals surface area contributed by atoms with Crippen LogP contribution >= 0.6 is 0 Å². The molecule has 1 aromatic carbocycles. The van der Waals surface area contributed by atoms with Gasteiger partial charge in [0.1, 0.15) is 5.75 Å². The maximum atomic E-state index is 13.3. The molecule has 1 N–H and O–H groups in total. The number of amides is 1. The molecule has 4 rings (SSSR count). The number of benzene rings is 1. The Kier molecular flexibility index (Phi) is 4.92. The van der Waals surface area contributed by atoms with Crippen molar-refractivity contribution in [3.63, 3.8) is 0 Å². The van der Waals surface area contributed by atoms with E-state index in [9.17, 15) is 4.79 Å². The highest BCUT2D eigenvalue weighted by molar-refractivity contribution is 5.90. The van der Waals surface area contributed by atoms with Gasteiger partial charge in [0, 0.05) is 42.6 Å². The predicted molar refractivity (Wildman–Crippen MR) is 107 cm³/mol. The molecule has 0 saturated carbocycles. The highest BCUT2D eigenvalue weighted by Crippen LogP contribution is 2.31. The number of hydrogen-bond donors (Lipinski definition) is 1. The second-order valence-electron chi connectivity index (χ2n) is 7.40. The van der Waals surface area contributed by atoms with E-state index in [1.54, 1.807) is 7.11 Å². The van der Waals surface area contributed by atoms with Crippen LogP contribution in [0, 0.1) is 0 Å². The quantitative estimate of drug-likeness (QED) is 0.753. The number of H-pyrrole nitrogens is 1. The Morgan fingerprint density at radius 3 is 2.93 bits per heavy atom. The summed E-state index contributed by atoms with van der Waals surface area (Å²) in [6, 6.07) is 10.3. The minimum absolute atomic E-state index is 0.166. The molecule has 1 atom stereocenters. The Labute approximate surface area is 159 Å². The van der Waals surface area contributed by atoms with E-state index in [0.717, 1.165) is 41.6 Å². The number of aryl methyl sites for hydroxylation is 1. The summed E-state index contributed by atoms with van der Waals surface area (Å²) in [4.78, 5) is 18.7. The second kappa shape index (κ2) is 7.51. The van der Waals surface area contributed by atoms with Crippen molar-refractivity contribution < 1.29 is 9.53 Å². The van der Waals surface area contributed by atoms with Crippen molar-refractivity contribution in [2.75, 3.05) is 13.7 Å². The molecule has 5 nitrogen and oxygen atoms in total. The van der Waals surface area contributed by atoms with E-state index in [0.29, 0.717) is 6.42 Å². The lowest BCUT2D eigenvalue weighted by molar-refractivity contribution is -0.133. The third kappa shape index (κ3) is 3.46. The number of rotatable bonds is 4. The van der Waals surface area contributed by atoms with Crippen molar-refractivity contribution >= 4 is 16.8 Å². The fraction of sp³-hybridized carbons (Fsp3) is 0.409. The van der Waals surface area contributed by atoms with Gasteiger partial charge >= 0.3 is 0 Å². The van der Waals surface area contributed by atoms with E-state index in [1.807, 2.05) is 24.4 Å². The molecule has 1 fully saturated rings. The first kappa shape index (κ1) is 17.7. The molecule has 3 aromatic rings. The van der Waals surface area contributed by atoms with Gasteiger partial charge in [-0.15, -0.1) is 0 Å². The van der Waals surface area contributed by atoms with Gasteiger partial charge in [-0.3, -0.25) is 4.79 Å². The number of aromatic amines is 1. The lowest BCUT2D eigenvalue weighted by atomic mass is 10.0. The van der Waals surface area contributed by atoms with Gasteiger partial charge in [0.15, 0.2) is 0 Å². The Hall–Kier alpha value is -2.69. The fourth-order valence-corrected chi connectivity index (χ4v) is 4.23. The Morgan fingerprint density at radius 2 is 2.15 bits per heavy atom. The van der Waals surface area contributed by atoms with Crippen LogP contribution in [-0.4, -0.2) is 34.0 Å². The summed E-state index contributed by atoms with van der Waals surface area (Å²) in [5, 5.41) is 1.06. The number of carbonyl (C=O) groups excluding carboxylic acids is 1. The Morgan fingerprint density at radius 1 is 1.26 bits per heavy atom. The number of nitrogens with one attached hydrogen (secondary N) is 1. The third-order valence-electron chi connectivity index (χ3n) is 5.71. The maximum Gasteiger partial charge on any atom is 0.227 e. The van der Waals surface area contributed by atoms with Gasteiger partial charge in [0.05, 0.1) is 19.6 Å². The average Bonchev–Trinajstić information content (AvgIpc) is 3.19. The van der Waals surface area contributed by atoms with Crippen molar-refractivity contribution in [2.45, 2.75) is 38.1 Å². The molecule has 5 heteroatoms. The molecule has 1 amide bonds. The van der Waals surface area contributed by atoms with Crippen LogP contribution in [0.4, 0.5) is 0 Å². The first-order valence-corrected chi connectivity index (χ1v) is 9.72. The van der Waals surface area contributed by atoms with Crippen molar-refractivity contribution in [2.24, 2.45) is 7.05 Å². The van der Waals surface area contributed by atoms with Crippen molar-refractivity contribution in [3.8, 4) is 5.75 Å². The molecule has 1 saturated heterocycles. The number of likely N-dealkylation sites (tertiary alicyclic amines) is 1. The monoisotopic (exact) mass is 365 g/mol. The van der Waals surface area contributed by atoms with E-state index >= 15 is 0 Å². The van der Waals surface area contributed by atoms with Crippen LogP contribution in [0.1, 0.15) is 43.0 Å². The molecule has 3 heterocycles. The maximum absolute atomic E-state index is 13.3. The molecule has 0 bridgehead atoms. The Bertz CT molecular complexity index is 940. The molecule has 1 aliphatic rings. The van der Waals surface area contributed by atoms with E-state index in [1.165, 1.54) is 18.5 Å². The smallest absolute Gasteiger partial charge is 0.227 e. The van der Waals surface area contributed by atoms with Crippen LogP contribution in [0.15, 0.2) is 42.7 Å². The second-order valence-corrected chi connectivity index (χ2v) is 7.40. The number of carbonyl (C=O) groups is 1. The molecule has 142 valence electrons. The molecule has 0 spiro atoms. The summed E-state index contributed by atoms with van der Waals surface area (Å²) in [5.74, 6) is 1.01. The van der Waals surface area contributed by atoms with Crippen molar-refractivity contribution in [1.82, 2.24) is 14.5 Å². The lowest BCUT2D eigenvalue weighted by Crippen LogP contribution is -2.36. The molecule has 1 aliphatic heterocycles. The molecule has 0 aliphatic carbocycles. The highest BCUT2D eigenvalue weighted by Gasteiger charge is 2.28. The summed E-state index contributed by atoms with van der Waals surface area (Å²) >= 11 is 0. The first-order valence-electron chi connectivity index (χ1n) is 9.72. The number of ether oxygens (including phenoxy) is 1. The zero-order valence-electron chi connectivity index (χ0n) is 16.1. The molecular formula is C22H27N3O2. The van der Waals surface area contributed by atoms with E-state index in [-0.39, 0.29) is 11.9 Å². The summed E-state index contributed by atoms with van der Waals surface area (Å²) in [5.41, 5.74) is 3.29. The number of aromatic nitrogens is 2. The van der Waals surface area contributed by atoms with Crippen LogP contribution < -0.4 is 4.74 Å². The molecule has 27 heavy (non-hydrogen) atoms. The zero-order chi connectivity index (χ0) is 18.8. The number of methoxy groups -OCH3 is 1. The van der Waals surface area contributed by atoms with Crippen LogP contribution in [0.5, 0.6) is 5.75 Å². The topological polar surface area (TPSA) is 50.3 Å². The summed E-state index contributed by atoms with van der Waals surface area (Å²) in [6.45, 7) is 0.834. The standard InChI is InChI=1S/C22H27N3O2/c1-24-11-6-8-20(24)21-7-4-3-5-12-25(21)22(26)13-16-15-23-19-10-9-17(27-2)14-18(16)19/h6,8-11,14-15,21,23H,3-5,7,12-13H2,1-2H3/t21-/m0/s1. The van der Waals surface area contributed by atoms with Crippen LogP contribution in [0.3, 0.4) is 0 Å². The van der Waals surface area contributed by atoms with E-state index in [2.05, 4.69) is 39.8 Å². The van der Waals surface area contributed by atoms with E-state index < -0.39 is 0 Å². The SMILES string of the molecule is COc1ccc2[nH]cc(CC(=O)N3CCCCC[C@H]3c3cccn3C)c2c1. The summed E-state index contributed by atoms with van der Waals surface area (Å²) < 4.78 is 7.50. The third-order valence-corrected chi connectivity index (χ3v) is 5.71. The molecule has 2 aromatic heterocycles. The first-order chi connectivity index (χ1) is 13.2. The number of nitrogens with zero attached hydrogens (tertiary/aromatic N) is 2. The normalized spacial score (nSPS) is 17.9. The average molecular weight is 365 g/mol. The van der Waals surface area contributed by atoms with Crippen molar-refractivity contribution in [1.29, 1.82) is 0 Å². The highest BCUT2D eigenvalue weighted by atomic mass is 16.5. The Balaban J connectivity index is 1.61. The van der Waals surface area contributed by atoms with Gasteiger partial charge in [-0.1, -0.05) is 12.8 Å². The summed E-state index contributed by atoms with van der Waals surface area (Å²) in [7, 11) is 3.73.